The van der Waals surface area contributed by atoms with Crippen LogP contribution in [0.2, 0.25) is 0 Å². The Bertz CT molecular complexity index is 1130. The first-order valence-electron chi connectivity index (χ1n) is 9.06. The second-order valence-corrected chi connectivity index (χ2v) is 8.62. The number of halogens is 1. The largest absolute Gasteiger partial charge is 0.497 e. The van der Waals surface area contributed by atoms with Crippen LogP contribution in [0.25, 0.3) is 0 Å². The molecule has 0 bridgehead atoms. The first-order valence-corrected chi connectivity index (χ1v) is 10.5. The summed E-state index contributed by atoms with van der Waals surface area (Å²) < 4.78 is 46.3. The number of anilines is 1. The minimum atomic E-state index is -3.92. The Morgan fingerprint density at radius 2 is 1.70 bits per heavy atom. The molecule has 8 heteroatoms. The third-order valence-corrected chi connectivity index (χ3v) is 6.29. The van der Waals surface area contributed by atoms with Gasteiger partial charge in [-0.1, -0.05) is 30.3 Å². The summed E-state index contributed by atoms with van der Waals surface area (Å²) in [5, 5.41) is 2.56. The number of hydrogen-bond donors (Lipinski definition) is 1. The highest BCUT2D eigenvalue weighted by Gasteiger charge is 2.24. The van der Waals surface area contributed by atoms with E-state index < -0.39 is 21.7 Å². The van der Waals surface area contributed by atoms with Crippen LogP contribution in [0.5, 0.6) is 5.75 Å². The molecule has 3 aromatic carbocycles. The number of methoxy groups -OCH3 is 1. The molecule has 156 valence electrons. The number of carbonyl (C=O) groups excluding carboxylic acids is 1. The molecule has 6 nitrogen and oxygen atoms in total. The molecule has 3 rings (SSSR count). The summed E-state index contributed by atoms with van der Waals surface area (Å²) in [5.41, 5.74) is 0.873. The smallest absolute Gasteiger partial charge is 0.258 e. The van der Waals surface area contributed by atoms with Gasteiger partial charge in [-0.05, 0) is 48.0 Å². The minimum absolute atomic E-state index is 0.147. The Morgan fingerprint density at radius 1 is 1.03 bits per heavy atom. The summed E-state index contributed by atoms with van der Waals surface area (Å²) in [7, 11) is -0.971. The van der Waals surface area contributed by atoms with Gasteiger partial charge >= 0.3 is 0 Å². The molecule has 0 atom stereocenters. The number of benzene rings is 3. The highest BCUT2D eigenvalue weighted by molar-refractivity contribution is 7.89. The van der Waals surface area contributed by atoms with Crippen LogP contribution in [0.1, 0.15) is 15.9 Å². The average Bonchev–Trinajstić information content (AvgIpc) is 2.75. The van der Waals surface area contributed by atoms with Crippen LogP contribution in [0.4, 0.5) is 10.1 Å². The van der Waals surface area contributed by atoms with Gasteiger partial charge in [0.05, 0.1) is 17.6 Å². The minimum Gasteiger partial charge on any atom is -0.497 e. The van der Waals surface area contributed by atoms with Crippen LogP contribution in [-0.4, -0.2) is 32.8 Å². The maximum Gasteiger partial charge on any atom is 0.258 e. The summed E-state index contributed by atoms with van der Waals surface area (Å²) in [6.07, 6.45) is 0. The van der Waals surface area contributed by atoms with Crippen molar-refractivity contribution in [3.05, 3.63) is 89.7 Å². The molecule has 30 heavy (non-hydrogen) atoms. The molecule has 0 spiro atoms. The van der Waals surface area contributed by atoms with E-state index in [1.807, 2.05) is 30.3 Å². The van der Waals surface area contributed by atoms with E-state index in [0.29, 0.717) is 11.4 Å². The van der Waals surface area contributed by atoms with E-state index in [1.165, 1.54) is 14.2 Å². The molecular weight excluding hydrogens is 407 g/mol. The number of rotatable bonds is 7. The zero-order chi connectivity index (χ0) is 21.7. The predicted molar refractivity (Wildman–Crippen MR) is 112 cm³/mol. The molecule has 0 radical (unpaired) electrons. The summed E-state index contributed by atoms with van der Waals surface area (Å²) in [6, 6.07) is 18.8. The summed E-state index contributed by atoms with van der Waals surface area (Å²) in [5.74, 6) is -0.958. The maximum atomic E-state index is 14.3. The molecule has 0 saturated heterocycles. The number of carbonyl (C=O) groups is 1. The molecule has 0 heterocycles. The van der Waals surface area contributed by atoms with Crippen molar-refractivity contribution in [1.29, 1.82) is 0 Å². The highest BCUT2D eigenvalue weighted by Crippen LogP contribution is 2.22. The second-order valence-electron chi connectivity index (χ2n) is 6.57. The maximum absolute atomic E-state index is 14.3. The summed E-state index contributed by atoms with van der Waals surface area (Å²) in [4.78, 5) is 12.4. The Labute approximate surface area is 175 Å². The van der Waals surface area contributed by atoms with Gasteiger partial charge in [0.25, 0.3) is 5.91 Å². The van der Waals surface area contributed by atoms with Gasteiger partial charge in [0.1, 0.15) is 11.6 Å². The molecule has 1 amide bonds. The lowest BCUT2D eigenvalue weighted by Crippen LogP contribution is -2.27. The van der Waals surface area contributed by atoms with Gasteiger partial charge in [0, 0.05) is 19.3 Å². The van der Waals surface area contributed by atoms with Crippen molar-refractivity contribution in [3.8, 4) is 5.75 Å². The van der Waals surface area contributed by atoms with E-state index in [1.54, 1.807) is 24.3 Å². The number of nitrogens with zero attached hydrogens (tertiary/aromatic N) is 1. The Kier molecular flexibility index (Phi) is 6.49. The van der Waals surface area contributed by atoms with Crippen molar-refractivity contribution in [2.45, 2.75) is 11.4 Å². The Hall–Kier alpha value is -3.23. The van der Waals surface area contributed by atoms with Gasteiger partial charge in [0.15, 0.2) is 0 Å². The van der Waals surface area contributed by atoms with Gasteiger partial charge in [-0.15, -0.1) is 0 Å². The molecule has 0 fully saturated rings. The van der Waals surface area contributed by atoms with Crippen LogP contribution in [0.15, 0.2) is 77.7 Å². The zero-order valence-corrected chi connectivity index (χ0v) is 17.3. The SMILES string of the molecule is COc1ccc(NC(=O)c2cc(S(=O)(=O)N(C)Cc3ccccc3)ccc2F)cc1. The molecular formula is C22H21FN2O4S. The quantitative estimate of drug-likeness (QED) is 0.619. The number of ether oxygens (including phenoxy) is 1. The lowest BCUT2D eigenvalue weighted by molar-refractivity contribution is 0.102. The molecule has 0 aromatic heterocycles. The van der Waals surface area contributed by atoms with Crippen LogP contribution >= 0.6 is 0 Å². The molecule has 0 saturated carbocycles. The van der Waals surface area contributed by atoms with E-state index in [2.05, 4.69) is 5.32 Å². The van der Waals surface area contributed by atoms with Crippen LogP contribution in [0, 0.1) is 5.82 Å². The summed E-state index contributed by atoms with van der Waals surface area (Å²) >= 11 is 0. The fraction of sp³-hybridized carbons (Fsp3) is 0.136. The lowest BCUT2D eigenvalue weighted by Gasteiger charge is -2.18. The third-order valence-electron chi connectivity index (χ3n) is 4.49. The fourth-order valence-electron chi connectivity index (χ4n) is 2.82. The van der Waals surface area contributed by atoms with E-state index in [9.17, 15) is 17.6 Å². The molecule has 0 aliphatic heterocycles. The van der Waals surface area contributed by atoms with Crippen LogP contribution in [0.3, 0.4) is 0 Å². The average molecular weight is 428 g/mol. The van der Waals surface area contributed by atoms with Crippen molar-refractivity contribution >= 4 is 21.6 Å². The number of nitrogens with one attached hydrogen (secondary N) is 1. The Balaban J connectivity index is 1.83. The fourth-order valence-corrected chi connectivity index (χ4v) is 4.00. The van der Waals surface area contributed by atoms with Gasteiger partial charge in [-0.2, -0.15) is 4.31 Å². The number of amides is 1. The normalized spacial score (nSPS) is 11.3. The van der Waals surface area contributed by atoms with Gasteiger partial charge < -0.3 is 10.1 Å². The highest BCUT2D eigenvalue weighted by atomic mass is 32.2. The molecule has 3 aromatic rings. The Morgan fingerprint density at radius 3 is 2.33 bits per heavy atom. The van der Waals surface area contributed by atoms with E-state index in [4.69, 9.17) is 4.74 Å². The number of hydrogen-bond acceptors (Lipinski definition) is 4. The first-order chi connectivity index (χ1) is 14.3. The van der Waals surface area contributed by atoms with Gasteiger partial charge in [0.2, 0.25) is 10.0 Å². The van der Waals surface area contributed by atoms with Gasteiger partial charge in [-0.3, -0.25) is 4.79 Å². The van der Waals surface area contributed by atoms with Crippen molar-refractivity contribution in [1.82, 2.24) is 4.31 Å². The standard InChI is InChI=1S/C22H21FN2O4S/c1-25(15-16-6-4-3-5-7-16)30(27,28)19-12-13-21(23)20(14-19)22(26)24-17-8-10-18(29-2)11-9-17/h3-14H,15H2,1-2H3,(H,24,26). The topological polar surface area (TPSA) is 75.7 Å². The molecule has 0 unspecified atom stereocenters. The second kappa shape index (κ2) is 9.06. The van der Waals surface area contributed by atoms with E-state index in [0.717, 1.165) is 28.1 Å². The van der Waals surface area contributed by atoms with Crippen LogP contribution < -0.4 is 10.1 Å². The van der Waals surface area contributed by atoms with Crippen molar-refractivity contribution in [3.63, 3.8) is 0 Å². The van der Waals surface area contributed by atoms with Crippen molar-refractivity contribution in [2.75, 3.05) is 19.5 Å². The number of sulfonamides is 1. The van der Waals surface area contributed by atoms with Crippen molar-refractivity contribution < 1.29 is 22.3 Å². The molecule has 0 aliphatic carbocycles. The monoisotopic (exact) mass is 428 g/mol. The third kappa shape index (κ3) is 4.84. The molecule has 0 aliphatic rings. The van der Waals surface area contributed by atoms with E-state index in [-0.39, 0.29) is 17.0 Å². The zero-order valence-electron chi connectivity index (χ0n) is 16.5. The van der Waals surface area contributed by atoms with E-state index >= 15 is 0 Å². The van der Waals surface area contributed by atoms with Crippen molar-refractivity contribution in [2.24, 2.45) is 0 Å². The molecule has 1 N–H and O–H groups in total. The summed E-state index contributed by atoms with van der Waals surface area (Å²) in [6.45, 7) is 0.147. The van der Waals surface area contributed by atoms with Crippen LogP contribution in [-0.2, 0) is 16.6 Å². The lowest BCUT2D eigenvalue weighted by atomic mass is 10.2. The first kappa shape index (κ1) is 21.5. The van der Waals surface area contributed by atoms with Gasteiger partial charge in [-0.25, -0.2) is 12.8 Å². The predicted octanol–water partition coefficient (Wildman–Crippen LogP) is 3.91.